The average Bonchev–Trinajstić information content (AvgIpc) is 2.32. The minimum absolute atomic E-state index is 0.407. The molecule has 0 saturated carbocycles. The third-order valence-corrected chi connectivity index (χ3v) is 2.32. The maximum absolute atomic E-state index is 12.7. The fourth-order valence-electron chi connectivity index (χ4n) is 1.19. The van der Waals surface area contributed by atoms with Crippen molar-refractivity contribution in [1.82, 2.24) is 10.6 Å². The number of hydrogen-bond acceptors (Lipinski definition) is 4. The fraction of sp³-hybridized carbons (Fsp3) is 1.00. The summed E-state index contributed by atoms with van der Waals surface area (Å²) in [7, 11) is 0. The second-order valence-electron chi connectivity index (χ2n) is 4.18. The lowest BCUT2D eigenvalue weighted by molar-refractivity contribution is 0.0105. The van der Waals surface area contributed by atoms with Gasteiger partial charge in [-0.15, -0.1) is 0 Å². The Morgan fingerprint density at radius 1 is 0.722 bits per heavy atom. The Morgan fingerprint density at radius 2 is 1.06 bits per heavy atom. The van der Waals surface area contributed by atoms with Crippen LogP contribution in [0.5, 0.6) is 0 Å². The Kier molecular flexibility index (Phi) is 8.41. The molecule has 0 aliphatic heterocycles. The molecule has 0 aromatic rings. The molecule has 0 rings (SSSR count). The van der Waals surface area contributed by atoms with Gasteiger partial charge in [-0.2, -0.15) is 0 Å². The third kappa shape index (κ3) is 9.58. The fourth-order valence-corrected chi connectivity index (χ4v) is 1.19. The number of nitrogens with one attached hydrogen (secondary N) is 2. The van der Waals surface area contributed by atoms with Gasteiger partial charge in [-0.3, -0.25) is 0 Å². The zero-order chi connectivity index (χ0) is 14.1. The molecule has 0 bridgehead atoms. The lowest BCUT2D eigenvalue weighted by Crippen LogP contribution is -2.40. The van der Waals surface area contributed by atoms with E-state index in [1.54, 1.807) is 0 Å². The summed E-state index contributed by atoms with van der Waals surface area (Å²) in [6.07, 6.45) is 1.25. The molecular formula is C10H22F4N4. The van der Waals surface area contributed by atoms with Crippen molar-refractivity contribution >= 4 is 0 Å². The third-order valence-electron chi connectivity index (χ3n) is 2.32. The van der Waals surface area contributed by atoms with Crippen molar-refractivity contribution in [3.05, 3.63) is 0 Å². The van der Waals surface area contributed by atoms with Gasteiger partial charge in [0, 0.05) is 0 Å². The molecule has 0 radical (unpaired) electrons. The van der Waals surface area contributed by atoms with E-state index in [4.69, 9.17) is 11.5 Å². The van der Waals surface area contributed by atoms with Gasteiger partial charge in [0.2, 0.25) is 0 Å². The zero-order valence-electron chi connectivity index (χ0n) is 10.3. The molecule has 0 fully saturated rings. The molecule has 8 heteroatoms. The SMILES string of the molecule is NCC(F)(F)CNCCCCNCC(F)(F)CN. The van der Waals surface area contributed by atoms with E-state index < -0.39 is 38.0 Å². The molecule has 6 N–H and O–H groups in total. The quantitative estimate of drug-likeness (QED) is 0.319. The van der Waals surface area contributed by atoms with Crippen molar-refractivity contribution in [2.75, 3.05) is 39.3 Å². The first kappa shape index (κ1) is 17.6. The Labute approximate surface area is 104 Å². The Hall–Kier alpha value is -0.440. The monoisotopic (exact) mass is 274 g/mol. The first-order valence-electron chi connectivity index (χ1n) is 5.90. The number of unbranched alkanes of at least 4 members (excludes halogenated alkanes) is 1. The van der Waals surface area contributed by atoms with Crippen molar-refractivity contribution in [2.45, 2.75) is 24.7 Å². The molecule has 0 aliphatic carbocycles. The van der Waals surface area contributed by atoms with Crippen LogP contribution in [-0.4, -0.2) is 51.1 Å². The first-order valence-corrected chi connectivity index (χ1v) is 5.90. The van der Waals surface area contributed by atoms with Crippen LogP contribution < -0.4 is 22.1 Å². The zero-order valence-corrected chi connectivity index (χ0v) is 10.3. The molecule has 0 unspecified atom stereocenters. The normalized spacial score (nSPS) is 13.0. The molecular weight excluding hydrogens is 252 g/mol. The summed E-state index contributed by atoms with van der Waals surface area (Å²) in [5.41, 5.74) is 9.72. The molecule has 0 aromatic heterocycles. The highest BCUT2D eigenvalue weighted by Gasteiger charge is 2.26. The lowest BCUT2D eigenvalue weighted by atomic mass is 10.2. The van der Waals surface area contributed by atoms with Crippen molar-refractivity contribution < 1.29 is 17.6 Å². The van der Waals surface area contributed by atoms with Gasteiger partial charge in [-0.05, 0) is 25.9 Å². The van der Waals surface area contributed by atoms with Crippen molar-refractivity contribution in [2.24, 2.45) is 11.5 Å². The highest BCUT2D eigenvalue weighted by atomic mass is 19.3. The predicted molar refractivity (Wildman–Crippen MR) is 63.0 cm³/mol. The van der Waals surface area contributed by atoms with E-state index in [2.05, 4.69) is 10.6 Å². The van der Waals surface area contributed by atoms with Crippen LogP contribution in [0.25, 0.3) is 0 Å². The van der Waals surface area contributed by atoms with Crippen molar-refractivity contribution in [3.63, 3.8) is 0 Å². The largest absolute Gasteiger partial charge is 0.325 e. The maximum atomic E-state index is 12.7. The Morgan fingerprint density at radius 3 is 1.33 bits per heavy atom. The highest BCUT2D eigenvalue weighted by molar-refractivity contribution is 4.71. The summed E-state index contributed by atoms with van der Waals surface area (Å²) in [5, 5.41) is 5.14. The van der Waals surface area contributed by atoms with Gasteiger partial charge >= 0.3 is 0 Å². The second-order valence-corrected chi connectivity index (χ2v) is 4.18. The topological polar surface area (TPSA) is 76.1 Å². The highest BCUT2D eigenvalue weighted by Crippen LogP contribution is 2.09. The van der Waals surface area contributed by atoms with Crippen molar-refractivity contribution in [1.29, 1.82) is 0 Å². The summed E-state index contributed by atoms with van der Waals surface area (Å²) < 4.78 is 50.6. The van der Waals surface area contributed by atoms with E-state index in [0.717, 1.165) is 0 Å². The molecule has 0 aromatic carbocycles. The van der Waals surface area contributed by atoms with Crippen LogP contribution in [0.4, 0.5) is 17.6 Å². The lowest BCUT2D eigenvalue weighted by Gasteiger charge is -2.15. The summed E-state index contributed by atoms with van der Waals surface area (Å²) in [6.45, 7) is -1.47. The smallest absolute Gasteiger partial charge is 0.272 e. The van der Waals surface area contributed by atoms with Gasteiger partial charge in [0.05, 0.1) is 26.2 Å². The number of nitrogens with two attached hydrogens (primary N) is 2. The van der Waals surface area contributed by atoms with Gasteiger partial charge in [-0.25, -0.2) is 17.6 Å². The summed E-state index contributed by atoms with van der Waals surface area (Å²) in [6, 6.07) is 0. The van der Waals surface area contributed by atoms with E-state index in [0.29, 0.717) is 25.9 Å². The standard InChI is InChI=1S/C10H22F4N4/c11-9(12,5-15)7-17-3-1-2-4-18-8-10(13,14)6-16/h17-18H,1-8,15-16H2. The Bertz CT molecular complexity index is 192. The van der Waals surface area contributed by atoms with Crippen LogP contribution in [-0.2, 0) is 0 Å². The molecule has 0 spiro atoms. The van der Waals surface area contributed by atoms with Crippen LogP contribution in [0.2, 0.25) is 0 Å². The predicted octanol–water partition coefficient (Wildman–Crippen LogP) is 0.134. The van der Waals surface area contributed by atoms with E-state index in [-0.39, 0.29) is 0 Å². The van der Waals surface area contributed by atoms with Crippen LogP contribution in [0.3, 0.4) is 0 Å². The van der Waals surface area contributed by atoms with E-state index in [9.17, 15) is 17.6 Å². The van der Waals surface area contributed by atoms with Gasteiger partial charge in [-0.1, -0.05) is 0 Å². The molecule has 0 saturated heterocycles. The van der Waals surface area contributed by atoms with E-state index in [1.807, 2.05) is 0 Å². The number of hydrogen-bond donors (Lipinski definition) is 4. The molecule has 110 valence electrons. The minimum Gasteiger partial charge on any atom is -0.325 e. The summed E-state index contributed by atoms with van der Waals surface area (Å²) in [5.74, 6) is -5.77. The van der Waals surface area contributed by atoms with Crippen LogP contribution >= 0.6 is 0 Å². The van der Waals surface area contributed by atoms with Crippen LogP contribution in [0, 0.1) is 0 Å². The molecule has 4 nitrogen and oxygen atoms in total. The van der Waals surface area contributed by atoms with Gasteiger partial charge in [0.15, 0.2) is 0 Å². The molecule has 18 heavy (non-hydrogen) atoms. The molecule has 0 amide bonds. The van der Waals surface area contributed by atoms with Crippen LogP contribution in [0.15, 0.2) is 0 Å². The molecule has 0 aliphatic rings. The molecule has 0 atom stereocenters. The summed E-state index contributed by atoms with van der Waals surface area (Å²) >= 11 is 0. The van der Waals surface area contributed by atoms with E-state index in [1.165, 1.54) is 0 Å². The molecule has 0 heterocycles. The second kappa shape index (κ2) is 8.63. The number of halogens is 4. The summed E-state index contributed by atoms with van der Waals surface area (Å²) in [4.78, 5) is 0. The Balaban J connectivity index is 3.32. The average molecular weight is 274 g/mol. The van der Waals surface area contributed by atoms with Crippen molar-refractivity contribution in [3.8, 4) is 0 Å². The van der Waals surface area contributed by atoms with Gasteiger partial charge in [0.25, 0.3) is 11.8 Å². The van der Waals surface area contributed by atoms with E-state index >= 15 is 0 Å². The number of rotatable bonds is 11. The van der Waals surface area contributed by atoms with Crippen LogP contribution in [0.1, 0.15) is 12.8 Å². The first-order chi connectivity index (χ1) is 8.33. The van der Waals surface area contributed by atoms with Gasteiger partial charge < -0.3 is 22.1 Å². The minimum atomic E-state index is -2.89. The number of alkyl halides is 4. The maximum Gasteiger partial charge on any atom is 0.272 e. The van der Waals surface area contributed by atoms with Gasteiger partial charge in [0.1, 0.15) is 0 Å².